The van der Waals surface area contributed by atoms with E-state index in [1.807, 2.05) is 60.7 Å². The molecule has 0 radical (unpaired) electrons. The molecule has 0 bridgehead atoms. The smallest absolute Gasteiger partial charge is 0.140 e. The highest BCUT2D eigenvalue weighted by atomic mass is 15.2. The summed E-state index contributed by atoms with van der Waals surface area (Å²) in [6, 6.07) is 20.3. The molecule has 2 rings (SSSR count). The Morgan fingerprint density at radius 2 is 1.09 bits per heavy atom. The van der Waals surface area contributed by atoms with E-state index in [1.165, 1.54) is 4.90 Å². The van der Waals surface area contributed by atoms with E-state index in [9.17, 15) is 0 Å². The van der Waals surface area contributed by atoms with E-state index >= 15 is 0 Å². The molecule has 2 aromatic rings. The van der Waals surface area contributed by atoms with Gasteiger partial charge in [0.2, 0.25) is 0 Å². The minimum Gasteiger partial charge on any atom is -0.311 e. The van der Waals surface area contributed by atoms with Crippen LogP contribution in [0, 0.1) is 23.7 Å². The zero-order valence-corrected chi connectivity index (χ0v) is 14.2. The molecule has 0 aromatic heterocycles. The van der Waals surface area contributed by atoms with Crippen LogP contribution in [0.2, 0.25) is 0 Å². The summed E-state index contributed by atoms with van der Waals surface area (Å²) in [7, 11) is 0. The molecule has 0 spiro atoms. The number of rotatable bonds is 2. The molecule has 0 fully saturated rings. The first-order valence-electron chi connectivity index (χ1n) is 7.99. The van der Waals surface area contributed by atoms with Crippen molar-refractivity contribution in [3.8, 4) is 23.7 Å². The van der Waals surface area contributed by atoms with Crippen molar-refractivity contribution in [1.82, 2.24) is 0 Å². The van der Waals surface area contributed by atoms with E-state index in [0.29, 0.717) is 0 Å². The molecule has 0 heterocycles. The molecule has 0 saturated carbocycles. The second-order valence-electron chi connectivity index (χ2n) is 6.54. The predicted molar refractivity (Wildman–Crippen MR) is 97.1 cm³/mol. The van der Waals surface area contributed by atoms with Gasteiger partial charge in [-0.25, -0.2) is 0 Å². The maximum Gasteiger partial charge on any atom is 0.140 e. The van der Waals surface area contributed by atoms with E-state index in [0.717, 1.165) is 24.2 Å². The van der Waals surface area contributed by atoms with E-state index in [2.05, 4.69) is 44.5 Å². The Hall–Kier alpha value is -2.48. The molecule has 0 aliphatic rings. The molecule has 0 amide bonds. The van der Waals surface area contributed by atoms with Crippen LogP contribution in [-0.2, 0) is 0 Å². The van der Waals surface area contributed by atoms with Gasteiger partial charge >= 0.3 is 0 Å². The van der Waals surface area contributed by atoms with Crippen LogP contribution in [0.25, 0.3) is 0 Å². The highest BCUT2D eigenvalue weighted by Crippen LogP contribution is 1.96. The van der Waals surface area contributed by atoms with Gasteiger partial charge in [-0.3, -0.25) is 0 Å². The monoisotopic (exact) mass is 302 g/mol. The highest BCUT2D eigenvalue weighted by Gasteiger charge is 2.23. The Balaban J connectivity index is 2.01. The van der Waals surface area contributed by atoms with Crippen LogP contribution in [0.1, 0.15) is 31.9 Å². The normalized spacial score (nSPS) is 10.4. The molecule has 0 atom stereocenters. The molecule has 1 N–H and O–H groups in total. The second kappa shape index (κ2) is 8.23. The van der Waals surface area contributed by atoms with Crippen molar-refractivity contribution in [3.05, 3.63) is 71.8 Å². The number of nitrogens with one attached hydrogen (secondary N) is 1. The molecule has 1 heteroatoms. The lowest BCUT2D eigenvalue weighted by molar-refractivity contribution is -0.933. The fourth-order valence-electron chi connectivity index (χ4n) is 2.14. The third kappa shape index (κ3) is 6.03. The Kier molecular flexibility index (Phi) is 6.04. The molecule has 0 saturated heterocycles. The molecular formula is C22H24N+. The van der Waals surface area contributed by atoms with Crippen molar-refractivity contribution in [1.29, 1.82) is 0 Å². The Bertz CT molecular complexity index is 657. The first-order chi connectivity index (χ1) is 11.1. The van der Waals surface area contributed by atoms with Crippen molar-refractivity contribution in [2.75, 3.05) is 13.1 Å². The van der Waals surface area contributed by atoms with Crippen molar-refractivity contribution < 1.29 is 4.90 Å². The topological polar surface area (TPSA) is 4.44 Å². The molecule has 23 heavy (non-hydrogen) atoms. The summed E-state index contributed by atoms with van der Waals surface area (Å²) in [6.07, 6.45) is 0. The van der Waals surface area contributed by atoms with Crippen LogP contribution < -0.4 is 4.90 Å². The summed E-state index contributed by atoms with van der Waals surface area (Å²) in [5.74, 6) is 13.1. The third-order valence-electron chi connectivity index (χ3n) is 3.68. The zero-order valence-electron chi connectivity index (χ0n) is 14.2. The summed E-state index contributed by atoms with van der Waals surface area (Å²) in [4.78, 5) is 1.38. The van der Waals surface area contributed by atoms with Crippen LogP contribution in [0.3, 0.4) is 0 Å². The summed E-state index contributed by atoms with van der Waals surface area (Å²) in [6.45, 7) is 8.29. The number of hydrogen-bond donors (Lipinski definition) is 1. The van der Waals surface area contributed by atoms with Crippen molar-refractivity contribution in [2.45, 2.75) is 26.3 Å². The standard InChI is InChI=1S/C22H23N/c1-22(2,3)23(18-10-16-20-12-6-4-7-13-20)19-11-17-21-14-8-5-9-15-21/h4-9,12-15H,18-19H2,1-3H3/p+1. The third-order valence-corrected chi connectivity index (χ3v) is 3.68. The minimum atomic E-state index is 0.122. The first-order valence-corrected chi connectivity index (χ1v) is 7.99. The quantitative estimate of drug-likeness (QED) is 0.814. The predicted octanol–water partition coefficient (Wildman–Crippen LogP) is 2.77. The fourth-order valence-corrected chi connectivity index (χ4v) is 2.14. The van der Waals surface area contributed by atoms with Gasteiger partial charge in [0.1, 0.15) is 13.1 Å². The largest absolute Gasteiger partial charge is 0.311 e. The molecule has 0 aliphatic carbocycles. The molecular weight excluding hydrogens is 278 g/mol. The fraction of sp³-hybridized carbons (Fsp3) is 0.273. The van der Waals surface area contributed by atoms with Gasteiger partial charge in [-0.2, -0.15) is 0 Å². The van der Waals surface area contributed by atoms with Crippen molar-refractivity contribution >= 4 is 0 Å². The van der Waals surface area contributed by atoms with Crippen LogP contribution in [0.15, 0.2) is 60.7 Å². The summed E-state index contributed by atoms with van der Waals surface area (Å²) in [5, 5.41) is 0. The SMILES string of the molecule is CC(C)(C)[NH+](CC#Cc1ccccc1)CC#Cc1ccccc1. The average Bonchev–Trinajstić information content (AvgIpc) is 2.54. The van der Waals surface area contributed by atoms with Crippen LogP contribution in [0.5, 0.6) is 0 Å². The van der Waals surface area contributed by atoms with Gasteiger partial charge in [0.15, 0.2) is 0 Å². The number of benzene rings is 2. The summed E-state index contributed by atoms with van der Waals surface area (Å²) < 4.78 is 0. The molecule has 1 nitrogen and oxygen atoms in total. The van der Waals surface area contributed by atoms with E-state index in [4.69, 9.17) is 0 Å². The van der Waals surface area contributed by atoms with Crippen molar-refractivity contribution in [2.24, 2.45) is 0 Å². The van der Waals surface area contributed by atoms with Crippen molar-refractivity contribution in [3.63, 3.8) is 0 Å². The zero-order chi connectivity index (χ0) is 16.5. The Morgan fingerprint density at radius 3 is 1.43 bits per heavy atom. The van der Waals surface area contributed by atoms with E-state index < -0.39 is 0 Å². The molecule has 0 unspecified atom stereocenters. The van der Waals surface area contributed by atoms with Crippen LogP contribution in [-0.4, -0.2) is 18.6 Å². The van der Waals surface area contributed by atoms with Gasteiger partial charge in [0, 0.05) is 11.1 Å². The van der Waals surface area contributed by atoms with Gasteiger partial charge in [0.25, 0.3) is 0 Å². The van der Waals surface area contributed by atoms with E-state index in [-0.39, 0.29) is 5.54 Å². The number of hydrogen-bond acceptors (Lipinski definition) is 0. The van der Waals surface area contributed by atoms with Gasteiger partial charge < -0.3 is 4.90 Å². The lowest BCUT2D eigenvalue weighted by Crippen LogP contribution is -3.18. The first kappa shape index (κ1) is 16.9. The van der Waals surface area contributed by atoms with Crippen LogP contribution >= 0.6 is 0 Å². The van der Waals surface area contributed by atoms with Crippen LogP contribution in [0.4, 0.5) is 0 Å². The second-order valence-corrected chi connectivity index (χ2v) is 6.54. The van der Waals surface area contributed by atoms with Gasteiger partial charge in [-0.1, -0.05) is 48.2 Å². The molecule has 2 aromatic carbocycles. The maximum atomic E-state index is 3.30. The summed E-state index contributed by atoms with van der Waals surface area (Å²) >= 11 is 0. The van der Waals surface area contributed by atoms with Gasteiger partial charge in [-0.05, 0) is 56.9 Å². The summed E-state index contributed by atoms with van der Waals surface area (Å²) in [5.41, 5.74) is 2.25. The Morgan fingerprint density at radius 1 is 0.696 bits per heavy atom. The highest BCUT2D eigenvalue weighted by molar-refractivity contribution is 5.34. The number of quaternary nitrogens is 1. The minimum absolute atomic E-state index is 0.122. The van der Waals surface area contributed by atoms with Gasteiger partial charge in [-0.15, -0.1) is 0 Å². The van der Waals surface area contributed by atoms with E-state index in [1.54, 1.807) is 0 Å². The average molecular weight is 302 g/mol. The maximum absolute atomic E-state index is 3.30. The molecule has 0 aliphatic heterocycles. The molecule has 116 valence electrons. The lowest BCUT2D eigenvalue weighted by Gasteiger charge is -2.29. The Labute approximate surface area is 140 Å². The van der Waals surface area contributed by atoms with Gasteiger partial charge in [0.05, 0.1) is 5.54 Å². The lowest BCUT2D eigenvalue weighted by atomic mass is 10.1.